The highest BCUT2D eigenvalue weighted by Crippen LogP contribution is 2.49. The second kappa shape index (κ2) is 7.52. The Morgan fingerprint density at radius 3 is 2.86 bits per heavy atom. The molecular weight excluding hydrogens is 362 g/mol. The molecule has 1 N–H and O–H groups in total. The number of hydrogen-bond acceptors (Lipinski definition) is 3. The van der Waals surface area contributed by atoms with E-state index in [-0.39, 0.29) is 11.3 Å². The third kappa shape index (κ3) is 3.25. The molecule has 2 aromatic rings. The first-order chi connectivity index (χ1) is 13.9. The topological polar surface area (TPSA) is 48.6 Å². The molecule has 2 unspecified atom stereocenters. The van der Waals surface area contributed by atoms with Gasteiger partial charge < -0.3 is 19.5 Å². The lowest BCUT2D eigenvalue weighted by Gasteiger charge is -2.51. The molecule has 4 rings (SSSR count). The van der Waals surface area contributed by atoms with Crippen LogP contribution in [0.15, 0.2) is 24.3 Å². The number of nitrogens with zero attached hydrogens (tertiary/aromatic N) is 2. The van der Waals surface area contributed by atoms with Gasteiger partial charge >= 0.3 is 0 Å². The van der Waals surface area contributed by atoms with Crippen molar-refractivity contribution < 1.29 is 9.53 Å². The molecule has 5 nitrogen and oxygen atoms in total. The van der Waals surface area contributed by atoms with Gasteiger partial charge in [0.05, 0.1) is 7.11 Å². The fourth-order valence-corrected chi connectivity index (χ4v) is 5.46. The first-order valence-electron chi connectivity index (χ1n) is 10.7. The van der Waals surface area contributed by atoms with Crippen LogP contribution in [0.3, 0.4) is 0 Å². The van der Waals surface area contributed by atoms with Gasteiger partial charge in [0.1, 0.15) is 11.4 Å². The summed E-state index contributed by atoms with van der Waals surface area (Å²) in [6.07, 6.45) is 3.11. The molecule has 29 heavy (non-hydrogen) atoms. The Morgan fingerprint density at radius 2 is 2.17 bits per heavy atom. The summed E-state index contributed by atoms with van der Waals surface area (Å²) in [7, 11) is 5.37. The van der Waals surface area contributed by atoms with Crippen LogP contribution in [-0.2, 0) is 18.3 Å². The Kier molecular flexibility index (Phi) is 5.19. The Bertz CT molecular complexity index is 917. The second-order valence-corrected chi connectivity index (χ2v) is 8.89. The van der Waals surface area contributed by atoms with Crippen molar-refractivity contribution in [3.63, 3.8) is 0 Å². The van der Waals surface area contributed by atoms with Crippen molar-refractivity contribution in [2.75, 3.05) is 40.8 Å². The molecule has 2 atom stereocenters. The first-order valence-corrected chi connectivity index (χ1v) is 10.7. The number of piperidine rings is 1. The molecule has 0 saturated carbocycles. The summed E-state index contributed by atoms with van der Waals surface area (Å²) < 4.78 is 5.55. The Hall–Kier alpha value is -2.27. The summed E-state index contributed by atoms with van der Waals surface area (Å²) in [5.41, 5.74) is 5.95. The van der Waals surface area contributed by atoms with Gasteiger partial charge in [-0.15, -0.1) is 0 Å². The van der Waals surface area contributed by atoms with E-state index in [1.807, 2.05) is 20.2 Å². The largest absolute Gasteiger partial charge is 0.497 e. The molecule has 1 aromatic carbocycles. The number of rotatable bonds is 4. The third-order valence-corrected chi connectivity index (χ3v) is 7.26. The van der Waals surface area contributed by atoms with Gasteiger partial charge in [0.25, 0.3) is 5.91 Å². The third-order valence-electron chi connectivity index (χ3n) is 7.26. The molecule has 0 radical (unpaired) electrons. The quantitative estimate of drug-likeness (QED) is 0.863. The highest BCUT2D eigenvalue weighted by Gasteiger charge is 2.48. The van der Waals surface area contributed by atoms with E-state index in [1.165, 1.54) is 16.8 Å². The van der Waals surface area contributed by atoms with Crippen LogP contribution in [0.5, 0.6) is 5.75 Å². The predicted molar refractivity (Wildman–Crippen MR) is 116 cm³/mol. The number of carbonyl (C=O) groups excluding carboxylic acids is 1. The van der Waals surface area contributed by atoms with E-state index in [1.54, 1.807) is 12.0 Å². The number of nitrogens with one attached hydrogen (secondary N) is 1. The zero-order chi connectivity index (χ0) is 20.8. The van der Waals surface area contributed by atoms with Gasteiger partial charge in [0, 0.05) is 31.7 Å². The molecule has 1 aromatic heterocycles. The fraction of sp³-hybridized carbons (Fsp3) is 0.542. The Balaban J connectivity index is 1.80. The van der Waals surface area contributed by atoms with Gasteiger partial charge in [-0.2, -0.15) is 0 Å². The number of likely N-dealkylation sites (tertiary alicyclic amines) is 1. The molecule has 5 heteroatoms. The molecule has 156 valence electrons. The molecule has 1 fully saturated rings. The van der Waals surface area contributed by atoms with Crippen LogP contribution in [0.2, 0.25) is 0 Å². The molecule has 1 aliphatic heterocycles. The van der Waals surface area contributed by atoms with Crippen molar-refractivity contribution in [3.8, 4) is 5.75 Å². The number of fused-ring (bicyclic) bond motifs is 2. The number of hydrogen-bond donors (Lipinski definition) is 1. The van der Waals surface area contributed by atoms with Crippen molar-refractivity contribution in [1.29, 1.82) is 0 Å². The van der Waals surface area contributed by atoms with E-state index >= 15 is 0 Å². The van der Waals surface area contributed by atoms with Crippen LogP contribution in [0.4, 0.5) is 0 Å². The second-order valence-electron chi connectivity index (χ2n) is 8.89. The number of H-pyrrole nitrogens is 1. The van der Waals surface area contributed by atoms with Crippen molar-refractivity contribution in [3.05, 3.63) is 52.3 Å². The van der Waals surface area contributed by atoms with Gasteiger partial charge in [0.15, 0.2) is 0 Å². The summed E-state index contributed by atoms with van der Waals surface area (Å²) in [5.74, 6) is 1.52. The Labute approximate surface area is 174 Å². The van der Waals surface area contributed by atoms with Gasteiger partial charge in [-0.1, -0.05) is 19.1 Å². The smallest absolute Gasteiger partial charge is 0.270 e. The molecule has 1 aliphatic carbocycles. The van der Waals surface area contributed by atoms with Crippen molar-refractivity contribution >= 4 is 5.91 Å². The number of amides is 1. The van der Waals surface area contributed by atoms with Crippen molar-refractivity contribution in [2.24, 2.45) is 5.92 Å². The van der Waals surface area contributed by atoms with Crippen LogP contribution in [0.1, 0.15) is 46.2 Å². The molecule has 0 bridgehead atoms. The maximum atomic E-state index is 12.7. The molecule has 1 amide bonds. The SMILES string of the molecule is CCN1CCC2(c3cccc(OC)c3)Cc3[nH]c(C(=O)N(C)C)c(C)c3CC2C1. The number of aromatic nitrogens is 1. The Morgan fingerprint density at radius 1 is 1.38 bits per heavy atom. The molecule has 1 saturated heterocycles. The lowest BCUT2D eigenvalue weighted by Crippen LogP contribution is -2.53. The zero-order valence-electron chi connectivity index (χ0n) is 18.3. The van der Waals surface area contributed by atoms with Gasteiger partial charge in [-0.3, -0.25) is 4.79 Å². The van der Waals surface area contributed by atoms with Gasteiger partial charge in [-0.25, -0.2) is 0 Å². The maximum Gasteiger partial charge on any atom is 0.270 e. The van der Waals surface area contributed by atoms with Crippen LogP contribution in [0.25, 0.3) is 0 Å². The fourth-order valence-electron chi connectivity index (χ4n) is 5.46. The van der Waals surface area contributed by atoms with E-state index in [9.17, 15) is 4.79 Å². The van der Waals surface area contributed by atoms with Crippen molar-refractivity contribution in [1.82, 2.24) is 14.8 Å². The number of ether oxygens (including phenoxy) is 1. The predicted octanol–water partition coefficient (Wildman–Crippen LogP) is 3.41. The normalized spacial score (nSPS) is 24.0. The van der Waals surface area contributed by atoms with Crippen LogP contribution >= 0.6 is 0 Å². The average Bonchev–Trinajstić information content (AvgIpc) is 3.06. The summed E-state index contributed by atoms with van der Waals surface area (Å²) >= 11 is 0. The number of methoxy groups -OCH3 is 1. The molecule has 2 heterocycles. The lowest BCUT2D eigenvalue weighted by molar-refractivity contribution is 0.0820. The standard InChI is InChI=1S/C24H33N3O2/c1-6-27-11-10-24(17-8-7-9-19(12-17)29-5)14-21-20(13-18(24)15-27)16(2)22(25-21)23(28)26(3)4/h7-9,12,18,25H,6,10-11,13-15H2,1-5H3. The maximum absolute atomic E-state index is 12.7. The molecule has 2 aliphatic rings. The lowest BCUT2D eigenvalue weighted by atomic mass is 9.58. The van der Waals surface area contributed by atoms with Crippen LogP contribution < -0.4 is 4.74 Å². The van der Waals surface area contributed by atoms with E-state index < -0.39 is 0 Å². The van der Waals surface area contributed by atoms with E-state index in [0.29, 0.717) is 5.92 Å². The minimum absolute atomic E-state index is 0.0606. The van der Waals surface area contributed by atoms with E-state index in [2.05, 4.69) is 41.9 Å². The molecule has 0 spiro atoms. The van der Waals surface area contributed by atoms with Crippen molar-refractivity contribution in [2.45, 2.75) is 38.5 Å². The van der Waals surface area contributed by atoms with E-state index in [0.717, 1.165) is 55.9 Å². The summed E-state index contributed by atoms with van der Waals surface area (Å²) in [6.45, 7) is 7.67. The van der Waals surface area contributed by atoms with Crippen LogP contribution in [-0.4, -0.2) is 61.5 Å². The highest BCUT2D eigenvalue weighted by atomic mass is 16.5. The number of benzene rings is 1. The highest BCUT2D eigenvalue weighted by molar-refractivity contribution is 5.94. The van der Waals surface area contributed by atoms with Gasteiger partial charge in [0.2, 0.25) is 0 Å². The first kappa shape index (κ1) is 20.0. The summed E-state index contributed by atoms with van der Waals surface area (Å²) in [6, 6.07) is 8.63. The number of aromatic amines is 1. The average molecular weight is 396 g/mol. The monoisotopic (exact) mass is 395 g/mol. The van der Waals surface area contributed by atoms with E-state index in [4.69, 9.17) is 4.74 Å². The minimum Gasteiger partial charge on any atom is -0.497 e. The van der Waals surface area contributed by atoms with Crippen LogP contribution in [0, 0.1) is 12.8 Å². The summed E-state index contributed by atoms with van der Waals surface area (Å²) in [4.78, 5) is 20.5. The minimum atomic E-state index is 0.0606. The molecular formula is C24H33N3O2. The van der Waals surface area contributed by atoms with Gasteiger partial charge in [-0.05, 0) is 74.0 Å². The zero-order valence-corrected chi connectivity index (χ0v) is 18.3. The number of carbonyl (C=O) groups is 1. The summed E-state index contributed by atoms with van der Waals surface area (Å²) in [5, 5.41) is 0.